The third-order valence-electron chi connectivity index (χ3n) is 5.01. The van der Waals surface area contributed by atoms with Gasteiger partial charge in [-0.3, -0.25) is 0 Å². The van der Waals surface area contributed by atoms with Gasteiger partial charge in [0, 0.05) is 36.2 Å². The lowest BCUT2D eigenvalue weighted by Crippen LogP contribution is -2.36. The molecule has 0 saturated carbocycles. The summed E-state index contributed by atoms with van der Waals surface area (Å²) in [4.78, 5) is 11.3. The van der Waals surface area contributed by atoms with Gasteiger partial charge in [-0.15, -0.1) is 0 Å². The van der Waals surface area contributed by atoms with E-state index in [1.165, 1.54) is 5.69 Å². The Morgan fingerprint density at radius 3 is 2.68 bits per heavy atom. The average Bonchev–Trinajstić information content (AvgIpc) is 2.84. The van der Waals surface area contributed by atoms with Gasteiger partial charge < -0.3 is 19.7 Å². The molecule has 0 unspecified atom stereocenters. The molecule has 0 atom stereocenters. The number of nitrogens with zero attached hydrogens (tertiary/aromatic N) is 4. The first-order chi connectivity index (χ1) is 15.3. The van der Waals surface area contributed by atoms with Crippen LogP contribution in [0.4, 0.5) is 17.3 Å². The fourth-order valence-electron chi connectivity index (χ4n) is 3.40. The van der Waals surface area contributed by atoms with Crippen LogP contribution in [-0.2, 0) is 4.74 Å². The maximum atomic E-state index is 9.47. The van der Waals surface area contributed by atoms with Crippen LogP contribution in [-0.4, -0.2) is 42.9 Å². The number of aromatic nitrogens is 2. The van der Waals surface area contributed by atoms with E-state index in [9.17, 15) is 5.26 Å². The van der Waals surface area contributed by atoms with Gasteiger partial charge in [-0.25, -0.2) is 9.97 Å². The maximum Gasteiger partial charge on any atom is 0.227 e. The lowest BCUT2D eigenvalue weighted by molar-refractivity contribution is 0.122. The van der Waals surface area contributed by atoms with Crippen molar-refractivity contribution >= 4 is 17.3 Å². The van der Waals surface area contributed by atoms with Crippen molar-refractivity contribution in [1.29, 1.82) is 5.26 Å². The summed E-state index contributed by atoms with van der Waals surface area (Å²) in [5, 5.41) is 12.7. The Balaban J connectivity index is 1.49. The summed E-state index contributed by atoms with van der Waals surface area (Å²) in [7, 11) is 0. The number of morpholine rings is 1. The first kappa shape index (κ1) is 20.6. The molecule has 1 fully saturated rings. The number of rotatable bonds is 7. The molecule has 2 heterocycles. The first-order valence-electron chi connectivity index (χ1n) is 10.5. The van der Waals surface area contributed by atoms with E-state index in [0.29, 0.717) is 23.9 Å². The summed E-state index contributed by atoms with van der Waals surface area (Å²) < 4.78 is 11.1. The quantitative estimate of drug-likeness (QED) is 0.613. The number of nitriles is 1. The Hall–Kier alpha value is -3.63. The molecule has 7 heteroatoms. The van der Waals surface area contributed by atoms with Crippen molar-refractivity contribution in [2.45, 2.75) is 13.3 Å². The first-order valence-corrected chi connectivity index (χ1v) is 10.5. The lowest BCUT2D eigenvalue weighted by atomic mass is 10.1. The molecule has 0 radical (unpaired) electrons. The second-order valence-corrected chi connectivity index (χ2v) is 7.21. The van der Waals surface area contributed by atoms with Crippen LogP contribution in [0.5, 0.6) is 5.75 Å². The third kappa shape index (κ3) is 5.11. The highest BCUT2D eigenvalue weighted by Crippen LogP contribution is 2.27. The summed E-state index contributed by atoms with van der Waals surface area (Å²) in [6.45, 7) is 5.96. The predicted molar refractivity (Wildman–Crippen MR) is 121 cm³/mol. The van der Waals surface area contributed by atoms with Crippen LogP contribution >= 0.6 is 0 Å². The second kappa shape index (κ2) is 9.92. The van der Waals surface area contributed by atoms with Crippen LogP contribution in [0.1, 0.15) is 18.9 Å². The van der Waals surface area contributed by atoms with E-state index in [2.05, 4.69) is 38.4 Å². The van der Waals surface area contributed by atoms with Gasteiger partial charge in [0.05, 0.1) is 31.1 Å². The van der Waals surface area contributed by atoms with E-state index < -0.39 is 0 Å². The molecule has 3 aromatic rings. The van der Waals surface area contributed by atoms with E-state index in [1.807, 2.05) is 37.3 Å². The van der Waals surface area contributed by atoms with Gasteiger partial charge in [-0.2, -0.15) is 5.26 Å². The van der Waals surface area contributed by atoms with Crippen molar-refractivity contribution in [2.24, 2.45) is 0 Å². The fourth-order valence-corrected chi connectivity index (χ4v) is 3.40. The maximum absolute atomic E-state index is 9.47. The summed E-state index contributed by atoms with van der Waals surface area (Å²) in [5.74, 6) is 1.10. The van der Waals surface area contributed by atoms with Crippen molar-refractivity contribution in [2.75, 3.05) is 43.1 Å². The number of ether oxygens (including phenoxy) is 2. The molecular weight excluding hydrogens is 390 g/mol. The molecule has 1 aromatic heterocycles. The molecule has 2 aromatic carbocycles. The number of nitrogens with one attached hydrogen (secondary N) is 1. The van der Waals surface area contributed by atoms with Crippen molar-refractivity contribution < 1.29 is 9.47 Å². The van der Waals surface area contributed by atoms with Gasteiger partial charge in [0.25, 0.3) is 0 Å². The van der Waals surface area contributed by atoms with Gasteiger partial charge in [0.15, 0.2) is 0 Å². The molecule has 31 heavy (non-hydrogen) atoms. The van der Waals surface area contributed by atoms with Crippen LogP contribution in [0.2, 0.25) is 0 Å². The third-order valence-corrected chi connectivity index (χ3v) is 5.01. The Bertz CT molecular complexity index is 1060. The van der Waals surface area contributed by atoms with Crippen molar-refractivity contribution in [3.05, 3.63) is 60.3 Å². The van der Waals surface area contributed by atoms with Crippen molar-refractivity contribution in [3.63, 3.8) is 0 Å². The molecule has 1 saturated heterocycles. The van der Waals surface area contributed by atoms with Crippen molar-refractivity contribution in [3.8, 4) is 23.1 Å². The smallest absolute Gasteiger partial charge is 0.227 e. The Labute approximate surface area is 182 Å². The predicted octanol–water partition coefficient (Wildman–Crippen LogP) is 4.38. The number of benzene rings is 2. The highest BCUT2D eigenvalue weighted by molar-refractivity contribution is 5.66. The van der Waals surface area contributed by atoms with Gasteiger partial charge >= 0.3 is 0 Å². The molecule has 0 bridgehead atoms. The summed E-state index contributed by atoms with van der Waals surface area (Å²) >= 11 is 0. The lowest BCUT2D eigenvalue weighted by Gasteiger charge is -2.28. The minimum atomic E-state index is 0.498. The van der Waals surface area contributed by atoms with Crippen LogP contribution in [0.15, 0.2) is 54.7 Å². The number of anilines is 3. The van der Waals surface area contributed by atoms with E-state index in [4.69, 9.17) is 9.47 Å². The molecule has 0 spiro atoms. The zero-order valence-electron chi connectivity index (χ0n) is 17.5. The largest absolute Gasteiger partial charge is 0.492 e. The van der Waals surface area contributed by atoms with Crippen LogP contribution in [0.25, 0.3) is 11.3 Å². The van der Waals surface area contributed by atoms with Gasteiger partial charge in [-0.05, 0) is 55.0 Å². The molecule has 0 amide bonds. The molecule has 0 aliphatic carbocycles. The van der Waals surface area contributed by atoms with Crippen LogP contribution in [0.3, 0.4) is 0 Å². The molecule has 7 nitrogen and oxygen atoms in total. The summed E-state index contributed by atoms with van der Waals surface area (Å²) in [5.41, 5.74) is 4.17. The Morgan fingerprint density at radius 1 is 1.13 bits per heavy atom. The topological polar surface area (TPSA) is 83.3 Å². The van der Waals surface area contributed by atoms with E-state index >= 15 is 0 Å². The number of hydrogen-bond acceptors (Lipinski definition) is 7. The van der Waals surface area contributed by atoms with Crippen molar-refractivity contribution in [1.82, 2.24) is 9.97 Å². The SMILES string of the molecule is CCCOc1ccc(-c2ccnc(Nc3ccc(N4CCOCC4)cc3)n2)cc1C#N. The fraction of sp³-hybridized carbons (Fsp3) is 0.292. The average molecular weight is 415 g/mol. The molecule has 1 aliphatic rings. The van der Waals surface area contributed by atoms with E-state index in [1.54, 1.807) is 12.3 Å². The number of hydrogen-bond donors (Lipinski definition) is 1. The van der Waals surface area contributed by atoms with Gasteiger partial charge in [0.1, 0.15) is 11.8 Å². The molecule has 158 valence electrons. The minimum Gasteiger partial charge on any atom is -0.492 e. The van der Waals surface area contributed by atoms with Crippen LogP contribution in [0, 0.1) is 11.3 Å². The van der Waals surface area contributed by atoms with Gasteiger partial charge in [-0.1, -0.05) is 6.92 Å². The highest BCUT2D eigenvalue weighted by Gasteiger charge is 2.11. The Morgan fingerprint density at radius 2 is 1.94 bits per heavy atom. The standard InChI is InChI=1S/C24H25N5O2/c1-2-13-31-23-8-3-18(16-19(23)17-25)22-9-10-26-24(28-22)27-20-4-6-21(7-5-20)29-11-14-30-15-12-29/h3-10,16H,2,11-15H2,1H3,(H,26,27,28). The normalized spacial score (nSPS) is 13.5. The summed E-state index contributed by atoms with van der Waals surface area (Å²) in [6.07, 6.45) is 2.60. The van der Waals surface area contributed by atoms with Gasteiger partial charge in [0.2, 0.25) is 5.95 Å². The van der Waals surface area contributed by atoms with Crippen LogP contribution < -0.4 is 15.0 Å². The monoisotopic (exact) mass is 415 g/mol. The molecule has 4 rings (SSSR count). The zero-order chi connectivity index (χ0) is 21.5. The zero-order valence-corrected chi connectivity index (χ0v) is 17.5. The summed E-state index contributed by atoms with van der Waals surface area (Å²) in [6, 6.07) is 17.8. The Kier molecular flexibility index (Phi) is 6.60. The van der Waals surface area contributed by atoms with E-state index in [-0.39, 0.29) is 0 Å². The molecular formula is C24H25N5O2. The minimum absolute atomic E-state index is 0.498. The highest BCUT2D eigenvalue weighted by atomic mass is 16.5. The van der Waals surface area contributed by atoms with E-state index in [0.717, 1.165) is 49.7 Å². The second-order valence-electron chi connectivity index (χ2n) is 7.21. The molecule has 1 N–H and O–H groups in total. The molecule has 1 aliphatic heterocycles.